The first-order valence-electron chi connectivity index (χ1n) is 11.0. The number of pyridine rings is 1. The second-order valence-electron chi connectivity index (χ2n) is 9.68. The molecule has 31 heavy (non-hydrogen) atoms. The number of thiazole rings is 1. The number of hydrogen-bond acceptors (Lipinski definition) is 4. The van der Waals surface area contributed by atoms with E-state index in [1.807, 2.05) is 12.1 Å². The molecule has 4 nitrogen and oxygen atoms in total. The lowest BCUT2D eigenvalue weighted by atomic mass is 9.49. The van der Waals surface area contributed by atoms with E-state index >= 15 is 0 Å². The molecule has 4 saturated carbocycles. The maximum Gasteiger partial charge on any atom is 0.235 e. The van der Waals surface area contributed by atoms with E-state index in [9.17, 15) is 13.6 Å². The summed E-state index contributed by atoms with van der Waals surface area (Å²) in [6.45, 7) is 0.332. The zero-order valence-electron chi connectivity index (χ0n) is 17.1. The van der Waals surface area contributed by atoms with Crippen molar-refractivity contribution in [1.29, 1.82) is 0 Å². The summed E-state index contributed by atoms with van der Waals surface area (Å²) in [6.07, 6.45) is 10.0. The zero-order valence-corrected chi connectivity index (χ0v) is 17.9. The molecule has 0 atom stereocenters. The van der Waals surface area contributed by atoms with Gasteiger partial charge in [-0.15, -0.1) is 0 Å². The molecule has 1 amide bonds. The van der Waals surface area contributed by atoms with E-state index in [-0.39, 0.29) is 16.8 Å². The first kappa shape index (κ1) is 19.3. The van der Waals surface area contributed by atoms with Crippen LogP contribution in [0, 0.1) is 34.8 Å². The lowest BCUT2D eigenvalue weighted by Gasteiger charge is -2.56. The number of amides is 1. The Morgan fingerprint density at radius 2 is 1.84 bits per heavy atom. The van der Waals surface area contributed by atoms with Crippen LogP contribution in [0.25, 0.3) is 10.2 Å². The van der Waals surface area contributed by atoms with Gasteiger partial charge in [0.15, 0.2) is 10.9 Å². The second-order valence-corrected chi connectivity index (χ2v) is 10.7. The number of nitrogens with zero attached hydrogens (tertiary/aromatic N) is 3. The van der Waals surface area contributed by atoms with Crippen molar-refractivity contribution < 1.29 is 13.6 Å². The van der Waals surface area contributed by atoms with Crippen molar-refractivity contribution in [3.05, 3.63) is 53.9 Å². The van der Waals surface area contributed by atoms with Gasteiger partial charge in [0.1, 0.15) is 11.3 Å². The van der Waals surface area contributed by atoms with Gasteiger partial charge in [-0.3, -0.25) is 14.7 Å². The van der Waals surface area contributed by atoms with E-state index in [1.165, 1.54) is 36.7 Å². The molecule has 3 aromatic rings. The molecule has 0 saturated heterocycles. The lowest BCUT2D eigenvalue weighted by Crippen LogP contribution is -2.54. The molecular formula is C24H23F2N3OS. The van der Waals surface area contributed by atoms with Crippen molar-refractivity contribution >= 4 is 32.6 Å². The van der Waals surface area contributed by atoms with Crippen molar-refractivity contribution in [2.75, 3.05) is 4.90 Å². The fourth-order valence-electron chi connectivity index (χ4n) is 6.62. The number of fused-ring (bicyclic) bond motifs is 1. The van der Waals surface area contributed by atoms with E-state index in [2.05, 4.69) is 9.97 Å². The largest absolute Gasteiger partial charge is 0.283 e. The molecule has 4 bridgehead atoms. The number of benzene rings is 1. The monoisotopic (exact) mass is 439 g/mol. The summed E-state index contributed by atoms with van der Waals surface area (Å²) in [5.74, 6) is 0.676. The summed E-state index contributed by atoms with van der Waals surface area (Å²) in [4.78, 5) is 24.5. The van der Waals surface area contributed by atoms with Crippen LogP contribution in [-0.4, -0.2) is 15.9 Å². The Kier molecular flexibility index (Phi) is 4.39. The summed E-state index contributed by atoms with van der Waals surface area (Å²) < 4.78 is 28.5. The first-order valence-corrected chi connectivity index (χ1v) is 11.8. The molecule has 160 valence electrons. The standard InChI is InChI=1S/C24H23F2N3OS/c25-18-7-19(26)21-20(8-18)31-23(28-21)29(13-14-2-1-3-27-12-14)22(30)24-9-15-4-16(10-24)6-17(5-15)11-24/h1-3,7-8,12,15-17H,4-6,9-11,13H2. The highest BCUT2D eigenvalue weighted by atomic mass is 32.1. The van der Waals surface area contributed by atoms with Gasteiger partial charge in [0.05, 0.1) is 16.7 Å². The third kappa shape index (κ3) is 3.25. The molecule has 0 radical (unpaired) electrons. The van der Waals surface area contributed by atoms with E-state index in [4.69, 9.17) is 0 Å². The van der Waals surface area contributed by atoms with Crippen LogP contribution in [0.3, 0.4) is 0 Å². The maximum absolute atomic E-state index is 14.4. The van der Waals surface area contributed by atoms with Gasteiger partial charge in [-0.25, -0.2) is 13.8 Å². The summed E-state index contributed by atoms with van der Waals surface area (Å²) in [6, 6.07) is 5.91. The number of carbonyl (C=O) groups is 1. The van der Waals surface area contributed by atoms with Crippen LogP contribution in [0.1, 0.15) is 44.1 Å². The van der Waals surface area contributed by atoms with Gasteiger partial charge >= 0.3 is 0 Å². The fraction of sp³-hybridized carbons (Fsp3) is 0.458. The van der Waals surface area contributed by atoms with Crippen LogP contribution in [0.15, 0.2) is 36.7 Å². The van der Waals surface area contributed by atoms with E-state index in [0.29, 0.717) is 34.1 Å². The Morgan fingerprint density at radius 1 is 1.13 bits per heavy atom. The Balaban J connectivity index is 1.42. The lowest BCUT2D eigenvalue weighted by molar-refractivity contribution is -0.143. The molecule has 0 aliphatic heterocycles. The molecule has 0 unspecified atom stereocenters. The first-order chi connectivity index (χ1) is 15.0. The van der Waals surface area contributed by atoms with Gasteiger partial charge in [0.25, 0.3) is 0 Å². The Hall–Kier alpha value is -2.41. The normalized spacial score (nSPS) is 28.9. The van der Waals surface area contributed by atoms with Crippen molar-refractivity contribution in [3.63, 3.8) is 0 Å². The number of halogens is 2. The van der Waals surface area contributed by atoms with Crippen LogP contribution >= 0.6 is 11.3 Å². The van der Waals surface area contributed by atoms with Crippen LogP contribution < -0.4 is 4.90 Å². The van der Waals surface area contributed by atoms with Gasteiger partial charge in [-0.05, 0) is 74.0 Å². The van der Waals surface area contributed by atoms with Crippen molar-refractivity contribution in [3.8, 4) is 0 Å². The van der Waals surface area contributed by atoms with Crippen LogP contribution in [0.5, 0.6) is 0 Å². The molecule has 1 aromatic carbocycles. The third-order valence-corrected chi connectivity index (χ3v) is 8.46. The highest BCUT2D eigenvalue weighted by Gasteiger charge is 2.56. The molecule has 2 aromatic heterocycles. The van der Waals surface area contributed by atoms with Crippen LogP contribution in [0.2, 0.25) is 0 Å². The summed E-state index contributed by atoms with van der Waals surface area (Å²) in [5, 5.41) is 0.434. The summed E-state index contributed by atoms with van der Waals surface area (Å²) in [5.41, 5.74) is 0.667. The van der Waals surface area contributed by atoms with Crippen molar-refractivity contribution in [2.45, 2.75) is 45.1 Å². The zero-order chi connectivity index (χ0) is 21.2. The SMILES string of the molecule is O=C(N(Cc1cccnc1)c1nc2c(F)cc(F)cc2s1)C12CC3CC(CC(C3)C1)C2. The fourth-order valence-corrected chi connectivity index (χ4v) is 7.62. The molecule has 0 spiro atoms. The maximum atomic E-state index is 14.4. The molecule has 2 heterocycles. The Morgan fingerprint density at radius 3 is 2.48 bits per heavy atom. The molecule has 4 aliphatic rings. The molecule has 7 heteroatoms. The van der Waals surface area contributed by atoms with Crippen LogP contribution in [-0.2, 0) is 11.3 Å². The van der Waals surface area contributed by atoms with Gasteiger partial charge in [0, 0.05) is 18.5 Å². The van der Waals surface area contributed by atoms with Gasteiger partial charge in [0.2, 0.25) is 5.91 Å². The van der Waals surface area contributed by atoms with Crippen molar-refractivity contribution in [1.82, 2.24) is 9.97 Å². The number of aromatic nitrogens is 2. The van der Waals surface area contributed by atoms with Crippen LogP contribution in [0.4, 0.5) is 13.9 Å². The summed E-state index contributed by atoms with van der Waals surface area (Å²) in [7, 11) is 0. The topological polar surface area (TPSA) is 46.1 Å². The quantitative estimate of drug-likeness (QED) is 0.522. The minimum absolute atomic E-state index is 0.0930. The highest BCUT2D eigenvalue weighted by molar-refractivity contribution is 7.22. The minimum Gasteiger partial charge on any atom is -0.283 e. The third-order valence-electron chi connectivity index (χ3n) is 7.43. The molecule has 4 aliphatic carbocycles. The van der Waals surface area contributed by atoms with E-state index in [0.717, 1.165) is 30.9 Å². The Labute approximate surface area is 183 Å². The average molecular weight is 440 g/mol. The smallest absolute Gasteiger partial charge is 0.235 e. The predicted octanol–water partition coefficient (Wildman–Crippen LogP) is 5.72. The molecule has 7 rings (SSSR count). The van der Waals surface area contributed by atoms with E-state index < -0.39 is 11.6 Å². The number of rotatable bonds is 4. The predicted molar refractivity (Wildman–Crippen MR) is 116 cm³/mol. The van der Waals surface area contributed by atoms with Gasteiger partial charge in [-0.2, -0.15) is 0 Å². The average Bonchev–Trinajstić information content (AvgIpc) is 3.15. The second kappa shape index (κ2) is 7.05. The van der Waals surface area contributed by atoms with Crippen molar-refractivity contribution in [2.24, 2.45) is 23.2 Å². The number of hydrogen-bond donors (Lipinski definition) is 0. The van der Waals surface area contributed by atoms with Gasteiger partial charge < -0.3 is 0 Å². The Bertz CT molecular complexity index is 1130. The van der Waals surface area contributed by atoms with E-state index in [1.54, 1.807) is 17.3 Å². The molecular weight excluding hydrogens is 416 g/mol. The molecule has 4 fully saturated rings. The minimum atomic E-state index is -0.693. The number of anilines is 1. The summed E-state index contributed by atoms with van der Waals surface area (Å²) >= 11 is 1.18. The number of carbonyl (C=O) groups excluding carboxylic acids is 1. The molecule has 0 N–H and O–H groups in total. The highest BCUT2D eigenvalue weighted by Crippen LogP contribution is 2.61. The van der Waals surface area contributed by atoms with Gasteiger partial charge in [-0.1, -0.05) is 17.4 Å².